The minimum Gasteiger partial charge on any atom is -0.508 e. The average Bonchev–Trinajstić information content (AvgIpc) is 2.68. The Bertz CT molecular complexity index is 681. The quantitative estimate of drug-likeness (QED) is 0.861. The summed E-state index contributed by atoms with van der Waals surface area (Å²) in [5, 5.41) is 9.33. The molecule has 1 aliphatic rings. The van der Waals surface area contributed by atoms with E-state index in [4.69, 9.17) is 0 Å². The molecule has 1 heterocycles. The zero-order valence-corrected chi connectivity index (χ0v) is 12.0. The van der Waals surface area contributed by atoms with Crippen LogP contribution in [-0.4, -0.2) is 50.8 Å². The van der Waals surface area contributed by atoms with Gasteiger partial charge in [0.05, 0.1) is 16.4 Å². The fourth-order valence-corrected chi connectivity index (χ4v) is 5.36. The number of phenolic OH excluding ortho intramolecular Hbond substituents is 1. The lowest BCUT2D eigenvalue weighted by Crippen LogP contribution is -2.37. The summed E-state index contributed by atoms with van der Waals surface area (Å²) in [7, 11) is -5.57. The van der Waals surface area contributed by atoms with Crippen LogP contribution in [0.1, 0.15) is 6.42 Å². The maximum absolute atomic E-state index is 12.3. The van der Waals surface area contributed by atoms with E-state index in [1.807, 2.05) is 0 Å². The Hall–Kier alpha value is -1.12. The second-order valence-electron chi connectivity index (χ2n) is 4.58. The third-order valence-corrected chi connectivity index (χ3v) is 6.87. The third-order valence-electron chi connectivity index (χ3n) is 3.22. The Balaban J connectivity index is 2.30. The lowest BCUT2D eigenvalue weighted by molar-refractivity contribution is 0.393. The van der Waals surface area contributed by atoms with Gasteiger partial charge in [0, 0.05) is 13.1 Å². The minimum atomic E-state index is -3.79. The molecule has 1 atom stereocenters. The van der Waals surface area contributed by atoms with E-state index in [9.17, 15) is 21.9 Å². The molecule has 1 N–H and O–H groups in total. The van der Waals surface area contributed by atoms with E-state index in [2.05, 4.69) is 0 Å². The van der Waals surface area contributed by atoms with Gasteiger partial charge in [-0.25, -0.2) is 16.8 Å². The number of sulfone groups is 1. The smallest absolute Gasteiger partial charge is 0.243 e. The highest BCUT2D eigenvalue weighted by Crippen LogP contribution is 2.24. The summed E-state index contributed by atoms with van der Waals surface area (Å²) in [6.07, 6.45) is 0.302. The lowest BCUT2D eigenvalue weighted by atomic mass is 10.3. The maximum atomic E-state index is 12.3. The number of nitrogens with zero attached hydrogens (tertiary/aromatic N) is 1. The van der Waals surface area contributed by atoms with Crippen LogP contribution in [0.4, 0.5) is 0 Å². The molecule has 1 aliphatic heterocycles. The number of hydrogen-bond donors (Lipinski definition) is 1. The number of sulfonamides is 1. The average molecular weight is 305 g/mol. The largest absolute Gasteiger partial charge is 0.508 e. The van der Waals surface area contributed by atoms with Crippen LogP contribution in [0.25, 0.3) is 0 Å². The summed E-state index contributed by atoms with van der Waals surface area (Å²) in [6, 6.07) is 4.78. The molecule has 19 heavy (non-hydrogen) atoms. The Morgan fingerprint density at radius 1 is 1.37 bits per heavy atom. The molecule has 6 nitrogen and oxygen atoms in total. The molecule has 0 aromatic heterocycles. The van der Waals surface area contributed by atoms with Crippen molar-refractivity contribution in [2.24, 2.45) is 0 Å². The molecule has 1 aromatic rings. The number of rotatable bonds is 3. The van der Waals surface area contributed by atoms with Gasteiger partial charge in [-0.3, -0.25) is 0 Å². The topological polar surface area (TPSA) is 91.8 Å². The molecule has 0 radical (unpaired) electrons. The van der Waals surface area contributed by atoms with Gasteiger partial charge in [0.1, 0.15) is 5.75 Å². The van der Waals surface area contributed by atoms with Gasteiger partial charge in [-0.2, -0.15) is 4.31 Å². The van der Waals surface area contributed by atoms with Crippen LogP contribution in [0, 0.1) is 0 Å². The van der Waals surface area contributed by atoms with Crippen LogP contribution in [0.15, 0.2) is 29.2 Å². The van der Waals surface area contributed by atoms with Crippen molar-refractivity contribution in [2.45, 2.75) is 17.4 Å². The van der Waals surface area contributed by atoms with Crippen molar-refractivity contribution in [3.05, 3.63) is 24.3 Å². The number of phenols is 1. The van der Waals surface area contributed by atoms with Crippen LogP contribution in [0.3, 0.4) is 0 Å². The summed E-state index contributed by atoms with van der Waals surface area (Å²) < 4.78 is 48.5. The van der Waals surface area contributed by atoms with Crippen LogP contribution in [-0.2, 0) is 19.9 Å². The van der Waals surface area contributed by atoms with Gasteiger partial charge in [-0.15, -0.1) is 0 Å². The SMILES string of the molecule is CN(C1CCS(=O)(=O)C1)S(=O)(=O)c1cccc(O)c1. The molecule has 0 spiro atoms. The molecule has 1 saturated heterocycles. The molecule has 1 aromatic carbocycles. The van der Waals surface area contributed by atoms with Crippen molar-refractivity contribution in [1.29, 1.82) is 0 Å². The second-order valence-corrected chi connectivity index (χ2v) is 8.80. The maximum Gasteiger partial charge on any atom is 0.243 e. The Labute approximate surface area is 112 Å². The predicted molar refractivity (Wildman–Crippen MR) is 70.1 cm³/mol. The predicted octanol–water partition coefficient (Wildman–Crippen LogP) is 0.200. The van der Waals surface area contributed by atoms with E-state index in [1.165, 1.54) is 25.2 Å². The van der Waals surface area contributed by atoms with Gasteiger partial charge < -0.3 is 5.11 Å². The zero-order chi connectivity index (χ0) is 14.3. The first-order valence-electron chi connectivity index (χ1n) is 5.70. The van der Waals surface area contributed by atoms with Crippen molar-refractivity contribution < 1.29 is 21.9 Å². The molecule has 106 valence electrons. The number of aromatic hydroxyl groups is 1. The van der Waals surface area contributed by atoms with Crippen molar-refractivity contribution in [1.82, 2.24) is 4.31 Å². The first-order chi connectivity index (χ1) is 8.72. The fraction of sp³-hybridized carbons (Fsp3) is 0.455. The van der Waals surface area contributed by atoms with Crippen molar-refractivity contribution in [3.63, 3.8) is 0 Å². The molecule has 1 unspecified atom stereocenters. The molecule has 0 aliphatic carbocycles. The van der Waals surface area contributed by atoms with Gasteiger partial charge in [-0.05, 0) is 24.6 Å². The van der Waals surface area contributed by atoms with Gasteiger partial charge in [0.25, 0.3) is 0 Å². The summed E-state index contributed by atoms with van der Waals surface area (Å²) in [6.45, 7) is 0. The second kappa shape index (κ2) is 4.77. The van der Waals surface area contributed by atoms with E-state index >= 15 is 0 Å². The van der Waals surface area contributed by atoms with Crippen molar-refractivity contribution in [2.75, 3.05) is 18.6 Å². The molecular formula is C11H15NO5S2. The first kappa shape index (κ1) is 14.3. The highest BCUT2D eigenvalue weighted by atomic mass is 32.2. The summed E-state index contributed by atoms with van der Waals surface area (Å²) in [4.78, 5) is -0.0423. The number of benzene rings is 1. The van der Waals surface area contributed by atoms with Gasteiger partial charge in [0.15, 0.2) is 9.84 Å². The molecular weight excluding hydrogens is 290 g/mol. The minimum absolute atomic E-state index is 0.0115. The van der Waals surface area contributed by atoms with E-state index in [1.54, 1.807) is 0 Å². The molecule has 0 amide bonds. The van der Waals surface area contributed by atoms with Gasteiger partial charge in [0.2, 0.25) is 10.0 Å². The fourth-order valence-electron chi connectivity index (χ4n) is 2.07. The Morgan fingerprint density at radius 2 is 2.05 bits per heavy atom. The van der Waals surface area contributed by atoms with Crippen LogP contribution in [0.2, 0.25) is 0 Å². The van der Waals surface area contributed by atoms with Crippen molar-refractivity contribution in [3.8, 4) is 5.75 Å². The highest BCUT2D eigenvalue weighted by molar-refractivity contribution is 7.92. The Kier molecular flexibility index (Phi) is 3.59. The van der Waals surface area contributed by atoms with Crippen molar-refractivity contribution >= 4 is 19.9 Å². The summed E-state index contributed by atoms with van der Waals surface area (Å²) in [5.74, 6) is -0.285. The molecule has 1 fully saturated rings. The highest BCUT2D eigenvalue weighted by Gasteiger charge is 2.36. The molecule has 2 rings (SSSR count). The molecule has 0 bridgehead atoms. The third kappa shape index (κ3) is 2.90. The van der Waals surface area contributed by atoms with E-state index < -0.39 is 25.9 Å². The Morgan fingerprint density at radius 3 is 2.58 bits per heavy atom. The lowest BCUT2D eigenvalue weighted by Gasteiger charge is -2.22. The van der Waals surface area contributed by atoms with Crippen LogP contribution in [0.5, 0.6) is 5.75 Å². The monoisotopic (exact) mass is 305 g/mol. The van der Waals surface area contributed by atoms with Crippen LogP contribution >= 0.6 is 0 Å². The molecule has 8 heteroatoms. The normalized spacial score (nSPS) is 22.7. The standard InChI is InChI=1S/C11H15NO5S2/c1-12(9-5-6-18(14,15)8-9)19(16,17)11-4-2-3-10(13)7-11/h2-4,7,9,13H,5-6,8H2,1H3. The molecule has 0 saturated carbocycles. The van der Waals surface area contributed by atoms with E-state index in [-0.39, 0.29) is 22.2 Å². The number of hydrogen-bond acceptors (Lipinski definition) is 5. The van der Waals surface area contributed by atoms with Crippen LogP contribution < -0.4 is 0 Å². The summed E-state index contributed by atoms with van der Waals surface area (Å²) >= 11 is 0. The first-order valence-corrected chi connectivity index (χ1v) is 8.96. The summed E-state index contributed by atoms with van der Waals surface area (Å²) in [5.41, 5.74) is 0. The van der Waals surface area contributed by atoms with E-state index in [0.29, 0.717) is 6.42 Å². The van der Waals surface area contributed by atoms with Gasteiger partial charge >= 0.3 is 0 Å². The zero-order valence-electron chi connectivity index (χ0n) is 10.4. The van der Waals surface area contributed by atoms with Gasteiger partial charge in [-0.1, -0.05) is 6.07 Å². The van der Waals surface area contributed by atoms with E-state index in [0.717, 1.165) is 10.4 Å².